The summed E-state index contributed by atoms with van der Waals surface area (Å²) in [6, 6.07) is 5.94. The Balaban J connectivity index is 1.67. The Kier molecular flexibility index (Phi) is 6.34. The summed E-state index contributed by atoms with van der Waals surface area (Å²) in [7, 11) is 0. The van der Waals surface area contributed by atoms with Gasteiger partial charge >= 0.3 is 0 Å². The van der Waals surface area contributed by atoms with Crippen LogP contribution in [0, 0.1) is 13.8 Å². The van der Waals surface area contributed by atoms with Crippen LogP contribution in [0.3, 0.4) is 0 Å². The molecule has 3 aromatic rings. The quantitative estimate of drug-likeness (QED) is 0.314. The number of nitrogens with zero attached hydrogens (tertiary/aromatic N) is 2. The average Bonchev–Trinajstić information content (AvgIpc) is 3.11. The highest BCUT2D eigenvalue weighted by atomic mass is 32.2. The van der Waals surface area contributed by atoms with Crippen molar-refractivity contribution in [3.8, 4) is 0 Å². The third kappa shape index (κ3) is 4.21. The summed E-state index contributed by atoms with van der Waals surface area (Å²) >= 11 is 2.96. The lowest BCUT2D eigenvalue weighted by Crippen LogP contribution is -2.27. The first-order chi connectivity index (χ1) is 14.9. The topological polar surface area (TPSA) is 64.0 Å². The van der Waals surface area contributed by atoms with Crippen LogP contribution in [-0.4, -0.2) is 20.7 Å². The molecule has 0 fully saturated rings. The van der Waals surface area contributed by atoms with Crippen LogP contribution in [0.1, 0.15) is 41.3 Å². The van der Waals surface area contributed by atoms with E-state index in [0.717, 1.165) is 52.7 Å². The van der Waals surface area contributed by atoms with Crippen molar-refractivity contribution in [3.05, 3.63) is 62.8 Å². The van der Waals surface area contributed by atoms with Gasteiger partial charge in [0.15, 0.2) is 5.16 Å². The van der Waals surface area contributed by atoms with Gasteiger partial charge in [-0.3, -0.25) is 14.2 Å². The van der Waals surface area contributed by atoms with Crippen molar-refractivity contribution >= 4 is 44.9 Å². The van der Waals surface area contributed by atoms with E-state index in [4.69, 9.17) is 4.98 Å². The standard InChI is InChI=1S/C24H27N3O2S2/c1-5-13-27-23(29)19-17-11-6-7-12-18(17)31-22(19)26-24(27)30-16(4)21(28)25-20-14(2)9-8-10-15(20)3/h5,8-10,16H,1,6-7,11-13H2,2-4H3,(H,25,28). The van der Waals surface area contributed by atoms with Crippen LogP contribution in [0.2, 0.25) is 0 Å². The van der Waals surface area contributed by atoms with Crippen LogP contribution >= 0.6 is 23.1 Å². The van der Waals surface area contributed by atoms with Crippen molar-refractivity contribution in [2.45, 2.75) is 63.4 Å². The number of aromatic nitrogens is 2. The minimum absolute atomic E-state index is 0.0193. The maximum Gasteiger partial charge on any atom is 0.263 e. The van der Waals surface area contributed by atoms with Gasteiger partial charge in [0.25, 0.3) is 5.56 Å². The van der Waals surface area contributed by atoms with Crippen LogP contribution in [0.15, 0.2) is 40.8 Å². The SMILES string of the molecule is C=CCn1c(SC(C)C(=O)Nc2c(C)cccc2C)nc2sc3c(c2c1=O)CCCC3. The van der Waals surface area contributed by atoms with E-state index < -0.39 is 5.25 Å². The number of thioether (sulfide) groups is 1. The van der Waals surface area contributed by atoms with E-state index in [9.17, 15) is 9.59 Å². The lowest BCUT2D eigenvalue weighted by atomic mass is 9.97. The maximum absolute atomic E-state index is 13.4. The van der Waals surface area contributed by atoms with Gasteiger partial charge in [0.1, 0.15) is 4.83 Å². The average molecular weight is 454 g/mol. The smallest absolute Gasteiger partial charge is 0.263 e. The summed E-state index contributed by atoms with van der Waals surface area (Å²) in [5.74, 6) is -0.104. The summed E-state index contributed by atoms with van der Waals surface area (Å²) in [5.41, 5.74) is 4.06. The van der Waals surface area contributed by atoms with Gasteiger partial charge in [-0.25, -0.2) is 4.98 Å². The molecule has 1 unspecified atom stereocenters. The Morgan fingerprint density at radius 3 is 2.74 bits per heavy atom. The third-order valence-corrected chi connectivity index (χ3v) is 8.01. The van der Waals surface area contributed by atoms with Gasteiger partial charge in [-0.1, -0.05) is 36.0 Å². The molecule has 0 spiro atoms. The molecule has 2 heterocycles. The Labute approximate surface area is 190 Å². The van der Waals surface area contributed by atoms with Crippen LogP contribution in [-0.2, 0) is 24.2 Å². The lowest BCUT2D eigenvalue weighted by molar-refractivity contribution is -0.115. The summed E-state index contributed by atoms with van der Waals surface area (Å²) in [4.78, 5) is 33.2. The van der Waals surface area contributed by atoms with Crippen molar-refractivity contribution < 1.29 is 4.79 Å². The van der Waals surface area contributed by atoms with Crippen LogP contribution in [0.25, 0.3) is 10.2 Å². The minimum atomic E-state index is -0.408. The normalized spacial score (nSPS) is 14.3. The second-order valence-corrected chi connectivity index (χ2v) is 10.4. The van der Waals surface area contributed by atoms with Crippen LogP contribution in [0.5, 0.6) is 0 Å². The fourth-order valence-electron chi connectivity index (χ4n) is 4.05. The molecule has 0 radical (unpaired) electrons. The summed E-state index contributed by atoms with van der Waals surface area (Å²) in [5, 5.41) is 3.97. The zero-order chi connectivity index (χ0) is 22.1. The molecule has 1 aromatic carbocycles. The first kappa shape index (κ1) is 21.8. The van der Waals surface area contributed by atoms with E-state index in [-0.39, 0.29) is 11.5 Å². The molecule has 1 atom stereocenters. The molecule has 1 aliphatic carbocycles. The highest BCUT2D eigenvalue weighted by Crippen LogP contribution is 2.35. The molecule has 7 heteroatoms. The zero-order valence-corrected chi connectivity index (χ0v) is 19.8. The lowest BCUT2D eigenvalue weighted by Gasteiger charge is -2.17. The van der Waals surface area contributed by atoms with E-state index in [1.165, 1.54) is 22.2 Å². The van der Waals surface area contributed by atoms with E-state index in [1.54, 1.807) is 22.0 Å². The fourth-order valence-corrected chi connectivity index (χ4v) is 6.27. The number of nitrogens with one attached hydrogen (secondary N) is 1. The Morgan fingerprint density at radius 2 is 2.03 bits per heavy atom. The minimum Gasteiger partial charge on any atom is -0.325 e. The second-order valence-electron chi connectivity index (χ2n) is 8.01. The number of rotatable bonds is 6. The van der Waals surface area contributed by atoms with Gasteiger partial charge in [0, 0.05) is 17.1 Å². The molecule has 31 heavy (non-hydrogen) atoms. The maximum atomic E-state index is 13.4. The number of para-hydroxylation sites is 1. The van der Waals surface area contributed by atoms with Crippen molar-refractivity contribution in [1.29, 1.82) is 0 Å². The molecular weight excluding hydrogens is 426 g/mol. The predicted octanol–water partition coefficient (Wildman–Crippen LogP) is 5.26. The number of aryl methyl sites for hydroxylation is 4. The van der Waals surface area contributed by atoms with E-state index in [1.807, 2.05) is 39.0 Å². The molecule has 0 bridgehead atoms. The molecule has 1 aliphatic rings. The van der Waals surface area contributed by atoms with Crippen molar-refractivity contribution in [2.75, 3.05) is 5.32 Å². The summed E-state index contributed by atoms with van der Waals surface area (Å²) < 4.78 is 1.66. The molecule has 0 saturated heterocycles. The molecular formula is C24H27N3O2S2. The number of anilines is 1. The summed E-state index contributed by atoms with van der Waals surface area (Å²) in [6.07, 6.45) is 5.96. The number of carbonyl (C=O) groups excluding carboxylic acids is 1. The fraction of sp³-hybridized carbons (Fsp3) is 0.375. The molecule has 4 rings (SSSR count). The van der Waals surface area contributed by atoms with Crippen molar-refractivity contribution in [2.24, 2.45) is 0 Å². The number of amides is 1. The number of carbonyl (C=O) groups is 1. The predicted molar refractivity (Wildman–Crippen MR) is 131 cm³/mol. The van der Waals surface area contributed by atoms with Gasteiger partial charge in [0.05, 0.1) is 10.6 Å². The third-order valence-electron chi connectivity index (χ3n) is 5.73. The molecule has 5 nitrogen and oxygen atoms in total. The first-order valence-electron chi connectivity index (χ1n) is 10.6. The number of hydrogen-bond acceptors (Lipinski definition) is 5. The number of benzene rings is 1. The number of thiophene rings is 1. The van der Waals surface area contributed by atoms with Gasteiger partial charge in [-0.15, -0.1) is 17.9 Å². The highest BCUT2D eigenvalue weighted by Gasteiger charge is 2.24. The monoisotopic (exact) mass is 453 g/mol. The van der Waals surface area contributed by atoms with Crippen LogP contribution in [0.4, 0.5) is 5.69 Å². The van der Waals surface area contributed by atoms with Crippen molar-refractivity contribution in [1.82, 2.24) is 9.55 Å². The molecule has 0 saturated carbocycles. The Morgan fingerprint density at radius 1 is 1.32 bits per heavy atom. The Hall–Kier alpha value is -2.38. The van der Waals surface area contributed by atoms with E-state index in [2.05, 4.69) is 11.9 Å². The Bertz CT molecular complexity index is 1210. The number of allylic oxidation sites excluding steroid dienone is 1. The number of hydrogen-bond donors (Lipinski definition) is 1. The first-order valence-corrected chi connectivity index (χ1v) is 12.3. The summed E-state index contributed by atoms with van der Waals surface area (Å²) in [6.45, 7) is 10.00. The molecule has 162 valence electrons. The van der Waals surface area contributed by atoms with E-state index in [0.29, 0.717) is 11.7 Å². The highest BCUT2D eigenvalue weighted by molar-refractivity contribution is 8.00. The van der Waals surface area contributed by atoms with Crippen molar-refractivity contribution in [3.63, 3.8) is 0 Å². The van der Waals surface area contributed by atoms with E-state index >= 15 is 0 Å². The van der Waals surface area contributed by atoms with Gasteiger partial charge in [0.2, 0.25) is 5.91 Å². The van der Waals surface area contributed by atoms with Crippen LogP contribution < -0.4 is 10.9 Å². The molecule has 2 aromatic heterocycles. The largest absolute Gasteiger partial charge is 0.325 e. The van der Waals surface area contributed by atoms with Gasteiger partial charge in [-0.2, -0.15) is 0 Å². The molecule has 0 aliphatic heterocycles. The molecule has 1 N–H and O–H groups in total. The van der Waals surface area contributed by atoms with Gasteiger partial charge < -0.3 is 5.32 Å². The second kappa shape index (κ2) is 9.01. The number of fused-ring (bicyclic) bond motifs is 3. The van der Waals surface area contributed by atoms with Gasteiger partial charge in [-0.05, 0) is 63.1 Å². The zero-order valence-electron chi connectivity index (χ0n) is 18.2. The molecule has 1 amide bonds.